The van der Waals surface area contributed by atoms with Gasteiger partial charge in [0, 0.05) is 31.6 Å². The van der Waals surface area contributed by atoms with E-state index in [9.17, 15) is 9.59 Å². The van der Waals surface area contributed by atoms with Crippen LogP contribution in [0.3, 0.4) is 0 Å². The van der Waals surface area contributed by atoms with Gasteiger partial charge in [-0.2, -0.15) is 0 Å². The zero-order chi connectivity index (χ0) is 19.2. The van der Waals surface area contributed by atoms with Crippen molar-refractivity contribution in [2.45, 2.75) is 26.3 Å². The van der Waals surface area contributed by atoms with Gasteiger partial charge in [0.15, 0.2) is 5.78 Å². The van der Waals surface area contributed by atoms with Crippen LogP contribution in [-0.2, 0) is 11.3 Å². The fourth-order valence-electron chi connectivity index (χ4n) is 3.64. The summed E-state index contributed by atoms with van der Waals surface area (Å²) in [5, 5.41) is 2.78. The van der Waals surface area contributed by atoms with Gasteiger partial charge in [0.2, 0.25) is 5.91 Å². The van der Waals surface area contributed by atoms with E-state index in [2.05, 4.69) is 10.2 Å². The number of piperidine rings is 1. The maximum absolute atomic E-state index is 13.0. The molecule has 1 aliphatic heterocycles. The molecule has 27 heavy (non-hydrogen) atoms. The molecule has 0 radical (unpaired) electrons. The minimum absolute atomic E-state index is 0.00583. The van der Waals surface area contributed by atoms with Crippen molar-refractivity contribution in [2.75, 3.05) is 25.5 Å². The monoisotopic (exact) mass is 366 g/mol. The average Bonchev–Trinajstić information content (AvgIpc) is 2.69. The number of benzene rings is 2. The first-order chi connectivity index (χ1) is 13.1. The van der Waals surface area contributed by atoms with E-state index in [1.807, 2.05) is 48.5 Å². The van der Waals surface area contributed by atoms with E-state index in [4.69, 9.17) is 4.74 Å². The summed E-state index contributed by atoms with van der Waals surface area (Å²) in [5.41, 5.74) is 2.65. The van der Waals surface area contributed by atoms with Gasteiger partial charge >= 0.3 is 0 Å². The zero-order valence-electron chi connectivity index (χ0n) is 15.9. The Morgan fingerprint density at radius 3 is 2.59 bits per heavy atom. The van der Waals surface area contributed by atoms with Crippen LogP contribution >= 0.6 is 0 Å². The second-order valence-corrected chi connectivity index (χ2v) is 7.02. The number of hydrogen-bond acceptors (Lipinski definition) is 4. The molecule has 0 bridgehead atoms. The van der Waals surface area contributed by atoms with Crippen LogP contribution in [0.25, 0.3) is 0 Å². The van der Waals surface area contributed by atoms with Crippen LogP contribution in [0.15, 0.2) is 48.5 Å². The lowest BCUT2D eigenvalue weighted by molar-refractivity contribution is -0.114. The summed E-state index contributed by atoms with van der Waals surface area (Å²) in [6, 6.07) is 15.3. The summed E-state index contributed by atoms with van der Waals surface area (Å²) in [4.78, 5) is 26.4. The number of ketones is 1. The summed E-state index contributed by atoms with van der Waals surface area (Å²) in [6.07, 6.45) is 1.92. The number of nitrogens with zero attached hydrogens (tertiary/aromatic N) is 1. The number of likely N-dealkylation sites (tertiary alicyclic amines) is 1. The van der Waals surface area contributed by atoms with Crippen molar-refractivity contribution >= 4 is 17.4 Å². The molecular weight excluding hydrogens is 340 g/mol. The van der Waals surface area contributed by atoms with E-state index < -0.39 is 0 Å². The molecule has 5 heteroatoms. The highest BCUT2D eigenvalue weighted by molar-refractivity contribution is 6.00. The first kappa shape index (κ1) is 19.1. The van der Waals surface area contributed by atoms with Crippen molar-refractivity contribution in [1.82, 2.24) is 4.90 Å². The molecule has 142 valence electrons. The molecule has 0 saturated carbocycles. The molecule has 1 atom stereocenters. The maximum Gasteiger partial charge on any atom is 0.221 e. The van der Waals surface area contributed by atoms with E-state index >= 15 is 0 Å². The molecule has 2 aromatic carbocycles. The van der Waals surface area contributed by atoms with Crippen LogP contribution in [0.2, 0.25) is 0 Å². The second-order valence-electron chi connectivity index (χ2n) is 7.02. The first-order valence-electron chi connectivity index (χ1n) is 9.33. The van der Waals surface area contributed by atoms with Crippen molar-refractivity contribution in [2.24, 2.45) is 5.92 Å². The largest absolute Gasteiger partial charge is 0.496 e. The van der Waals surface area contributed by atoms with Gasteiger partial charge in [-0.25, -0.2) is 0 Å². The Hall–Kier alpha value is -2.66. The Morgan fingerprint density at radius 1 is 1.15 bits per heavy atom. The van der Waals surface area contributed by atoms with Gasteiger partial charge in [-0.3, -0.25) is 14.5 Å². The van der Waals surface area contributed by atoms with E-state index in [-0.39, 0.29) is 17.6 Å². The minimum Gasteiger partial charge on any atom is -0.496 e. The van der Waals surface area contributed by atoms with Crippen LogP contribution in [0.4, 0.5) is 5.69 Å². The SMILES string of the molecule is COc1ccccc1C(=O)[C@H]1CCCN(Cc2ccc(NC(C)=O)cc2)C1. The third-order valence-electron chi connectivity index (χ3n) is 4.93. The molecule has 2 aromatic rings. The maximum atomic E-state index is 13.0. The third-order valence-corrected chi connectivity index (χ3v) is 4.93. The number of rotatable bonds is 6. The summed E-state index contributed by atoms with van der Waals surface area (Å²) >= 11 is 0. The van der Waals surface area contributed by atoms with Crippen molar-refractivity contribution in [3.05, 3.63) is 59.7 Å². The summed E-state index contributed by atoms with van der Waals surface area (Å²) in [6.45, 7) is 4.05. The van der Waals surface area contributed by atoms with Gasteiger partial charge in [0.05, 0.1) is 12.7 Å². The molecule has 1 fully saturated rings. The summed E-state index contributed by atoms with van der Waals surface area (Å²) < 4.78 is 5.35. The highest BCUT2D eigenvalue weighted by Gasteiger charge is 2.28. The van der Waals surface area contributed by atoms with Gasteiger partial charge < -0.3 is 10.1 Å². The summed E-state index contributed by atoms with van der Waals surface area (Å²) in [7, 11) is 1.60. The highest BCUT2D eigenvalue weighted by atomic mass is 16.5. The molecule has 0 spiro atoms. The summed E-state index contributed by atoms with van der Waals surface area (Å²) in [5.74, 6) is 0.733. The van der Waals surface area contributed by atoms with Crippen LogP contribution in [0, 0.1) is 5.92 Å². The van der Waals surface area contributed by atoms with Gasteiger partial charge in [-0.1, -0.05) is 24.3 Å². The Bertz CT molecular complexity index is 801. The smallest absolute Gasteiger partial charge is 0.221 e. The quantitative estimate of drug-likeness (QED) is 0.791. The van der Waals surface area contributed by atoms with E-state index in [1.165, 1.54) is 12.5 Å². The lowest BCUT2D eigenvalue weighted by Crippen LogP contribution is -2.38. The highest BCUT2D eigenvalue weighted by Crippen LogP contribution is 2.27. The van der Waals surface area contributed by atoms with Crippen LogP contribution in [0.1, 0.15) is 35.7 Å². The van der Waals surface area contributed by atoms with Crippen LogP contribution in [-0.4, -0.2) is 36.8 Å². The molecule has 1 aliphatic rings. The number of para-hydroxylation sites is 1. The Morgan fingerprint density at radius 2 is 1.89 bits per heavy atom. The van der Waals surface area contributed by atoms with E-state index in [0.29, 0.717) is 11.3 Å². The van der Waals surface area contributed by atoms with Gasteiger partial charge in [-0.15, -0.1) is 0 Å². The predicted molar refractivity (Wildman–Crippen MR) is 106 cm³/mol. The third kappa shape index (κ3) is 4.95. The van der Waals surface area contributed by atoms with Crippen LogP contribution in [0.5, 0.6) is 5.75 Å². The molecule has 3 rings (SSSR count). The number of methoxy groups -OCH3 is 1. The van der Waals surface area contributed by atoms with Crippen molar-refractivity contribution < 1.29 is 14.3 Å². The Kier molecular flexibility index (Phi) is 6.24. The molecule has 5 nitrogen and oxygen atoms in total. The molecule has 1 heterocycles. The Labute approximate surface area is 160 Å². The number of carbonyl (C=O) groups is 2. The van der Waals surface area contributed by atoms with Gasteiger partial charge in [-0.05, 0) is 49.2 Å². The number of ether oxygens (including phenoxy) is 1. The molecular formula is C22H26N2O3. The fraction of sp³-hybridized carbons (Fsp3) is 0.364. The lowest BCUT2D eigenvalue weighted by atomic mass is 9.89. The molecule has 1 amide bonds. The number of carbonyl (C=O) groups excluding carboxylic acids is 2. The molecule has 1 saturated heterocycles. The number of Topliss-reactive ketones (excluding diaryl/α,β-unsaturated/α-hetero) is 1. The standard InChI is InChI=1S/C22H26N2O3/c1-16(25)23-19-11-9-17(10-12-19)14-24-13-5-6-18(15-24)22(26)20-7-3-4-8-21(20)27-2/h3-4,7-12,18H,5-6,13-15H2,1-2H3,(H,23,25)/t18-/m0/s1. The Balaban J connectivity index is 1.64. The van der Waals surface area contributed by atoms with Gasteiger partial charge in [0.1, 0.15) is 5.75 Å². The van der Waals surface area contributed by atoms with Crippen molar-refractivity contribution in [1.29, 1.82) is 0 Å². The lowest BCUT2D eigenvalue weighted by Gasteiger charge is -2.32. The molecule has 0 aliphatic carbocycles. The van der Waals surface area contributed by atoms with Crippen LogP contribution < -0.4 is 10.1 Å². The number of nitrogens with one attached hydrogen (secondary N) is 1. The molecule has 1 N–H and O–H groups in total. The molecule has 0 unspecified atom stereocenters. The first-order valence-corrected chi connectivity index (χ1v) is 9.33. The topological polar surface area (TPSA) is 58.6 Å². The number of anilines is 1. The molecule has 0 aromatic heterocycles. The number of hydrogen-bond donors (Lipinski definition) is 1. The predicted octanol–water partition coefficient (Wildman–Crippen LogP) is 3.75. The fourth-order valence-corrected chi connectivity index (χ4v) is 3.64. The normalized spacial score (nSPS) is 17.3. The second kappa shape index (κ2) is 8.82. The average molecular weight is 366 g/mol. The minimum atomic E-state index is -0.0727. The van der Waals surface area contributed by atoms with E-state index in [0.717, 1.165) is 38.2 Å². The number of amides is 1. The van der Waals surface area contributed by atoms with Crippen molar-refractivity contribution in [3.63, 3.8) is 0 Å². The van der Waals surface area contributed by atoms with Gasteiger partial charge in [0.25, 0.3) is 0 Å². The van der Waals surface area contributed by atoms with E-state index in [1.54, 1.807) is 7.11 Å². The van der Waals surface area contributed by atoms with Crippen molar-refractivity contribution in [3.8, 4) is 5.75 Å². The zero-order valence-corrected chi connectivity index (χ0v) is 15.9.